The Morgan fingerprint density at radius 1 is 1.14 bits per heavy atom. The van der Waals surface area contributed by atoms with Crippen LogP contribution in [-0.2, 0) is 19.3 Å². The summed E-state index contributed by atoms with van der Waals surface area (Å²) in [5.74, 6) is 2.56. The van der Waals surface area contributed by atoms with Gasteiger partial charge in [-0.2, -0.15) is 4.98 Å². The van der Waals surface area contributed by atoms with Crippen molar-refractivity contribution in [1.29, 1.82) is 0 Å². The van der Waals surface area contributed by atoms with Crippen molar-refractivity contribution in [3.8, 4) is 0 Å². The summed E-state index contributed by atoms with van der Waals surface area (Å²) in [5.41, 5.74) is 7.12. The Morgan fingerprint density at radius 3 is 2.57 bits per heavy atom. The van der Waals surface area contributed by atoms with E-state index in [0.717, 1.165) is 31.5 Å². The van der Waals surface area contributed by atoms with Gasteiger partial charge in [-0.1, -0.05) is 49.3 Å². The topological polar surface area (TPSA) is 64.9 Å². The maximum atomic E-state index is 5.82. The molecular formula is C17H25N3O. The molecule has 1 atom stereocenters. The zero-order valence-corrected chi connectivity index (χ0v) is 13.0. The van der Waals surface area contributed by atoms with Crippen molar-refractivity contribution in [3.63, 3.8) is 0 Å². The van der Waals surface area contributed by atoms with Gasteiger partial charge < -0.3 is 10.3 Å². The van der Waals surface area contributed by atoms with Gasteiger partial charge in [0.05, 0.1) is 0 Å². The molecule has 21 heavy (non-hydrogen) atoms. The van der Waals surface area contributed by atoms with E-state index in [2.05, 4.69) is 48.3 Å². The third kappa shape index (κ3) is 5.31. The van der Waals surface area contributed by atoms with Crippen molar-refractivity contribution < 1.29 is 4.52 Å². The quantitative estimate of drug-likeness (QED) is 0.810. The summed E-state index contributed by atoms with van der Waals surface area (Å²) in [4.78, 5) is 4.49. The molecule has 0 saturated heterocycles. The van der Waals surface area contributed by atoms with Gasteiger partial charge in [0.2, 0.25) is 5.89 Å². The molecular weight excluding hydrogens is 262 g/mol. The largest absolute Gasteiger partial charge is 0.339 e. The molecule has 2 rings (SSSR count). The molecule has 4 heteroatoms. The van der Waals surface area contributed by atoms with E-state index in [4.69, 9.17) is 10.3 Å². The van der Waals surface area contributed by atoms with E-state index < -0.39 is 0 Å². The van der Waals surface area contributed by atoms with Gasteiger partial charge in [-0.3, -0.25) is 0 Å². The van der Waals surface area contributed by atoms with Gasteiger partial charge in [0.1, 0.15) is 0 Å². The molecule has 1 aromatic carbocycles. The first kappa shape index (κ1) is 15.7. The average molecular weight is 287 g/mol. The van der Waals surface area contributed by atoms with Crippen molar-refractivity contribution in [2.45, 2.75) is 39.5 Å². The molecule has 2 N–H and O–H groups in total. The van der Waals surface area contributed by atoms with Crippen LogP contribution in [0.4, 0.5) is 0 Å². The number of rotatable bonds is 8. The lowest BCUT2D eigenvalue weighted by Crippen LogP contribution is -2.19. The van der Waals surface area contributed by atoms with Crippen LogP contribution in [0.1, 0.15) is 37.5 Å². The average Bonchev–Trinajstić information content (AvgIpc) is 2.92. The third-order valence-electron chi connectivity index (χ3n) is 3.59. The fraction of sp³-hybridized carbons (Fsp3) is 0.529. The molecule has 0 radical (unpaired) electrons. The van der Waals surface area contributed by atoms with Gasteiger partial charge in [0.25, 0.3) is 0 Å². The second-order valence-corrected chi connectivity index (χ2v) is 6.03. The van der Waals surface area contributed by atoms with Crippen molar-refractivity contribution in [2.24, 2.45) is 17.6 Å². The summed E-state index contributed by atoms with van der Waals surface area (Å²) in [6, 6.07) is 10.4. The Morgan fingerprint density at radius 2 is 1.90 bits per heavy atom. The van der Waals surface area contributed by atoms with Gasteiger partial charge in [-0.15, -0.1) is 0 Å². The molecule has 0 fully saturated rings. The van der Waals surface area contributed by atoms with Crippen LogP contribution >= 0.6 is 0 Å². The highest BCUT2D eigenvalue weighted by atomic mass is 16.5. The molecule has 4 nitrogen and oxygen atoms in total. The number of hydrogen-bond donors (Lipinski definition) is 1. The first-order valence-corrected chi connectivity index (χ1v) is 7.72. The van der Waals surface area contributed by atoms with E-state index in [1.807, 2.05) is 6.07 Å². The molecule has 0 aliphatic rings. The zero-order valence-electron chi connectivity index (χ0n) is 13.0. The van der Waals surface area contributed by atoms with Crippen LogP contribution in [0.3, 0.4) is 0 Å². The minimum absolute atomic E-state index is 0.424. The van der Waals surface area contributed by atoms with Crippen LogP contribution in [0.15, 0.2) is 34.9 Å². The molecule has 0 aliphatic heterocycles. The van der Waals surface area contributed by atoms with Crippen LogP contribution in [0.5, 0.6) is 0 Å². The SMILES string of the molecule is CC(C)CC(CN)Cc1nc(CCc2ccccc2)no1. The second-order valence-electron chi connectivity index (χ2n) is 6.03. The van der Waals surface area contributed by atoms with Crippen LogP contribution in [-0.4, -0.2) is 16.7 Å². The van der Waals surface area contributed by atoms with Crippen molar-refractivity contribution in [1.82, 2.24) is 10.1 Å². The van der Waals surface area contributed by atoms with Crippen LogP contribution in [0.25, 0.3) is 0 Å². The monoisotopic (exact) mass is 287 g/mol. The van der Waals surface area contributed by atoms with Crippen molar-refractivity contribution >= 4 is 0 Å². The maximum absolute atomic E-state index is 5.82. The van der Waals surface area contributed by atoms with E-state index in [1.165, 1.54) is 5.56 Å². The van der Waals surface area contributed by atoms with Crippen molar-refractivity contribution in [3.05, 3.63) is 47.6 Å². The Hall–Kier alpha value is -1.68. The van der Waals surface area contributed by atoms with Gasteiger partial charge in [-0.05, 0) is 36.8 Å². The summed E-state index contributed by atoms with van der Waals surface area (Å²) >= 11 is 0. The number of aryl methyl sites for hydroxylation is 2. The maximum Gasteiger partial charge on any atom is 0.226 e. The molecule has 1 heterocycles. The fourth-order valence-corrected chi connectivity index (χ4v) is 2.55. The van der Waals surface area contributed by atoms with E-state index in [0.29, 0.717) is 24.3 Å². The molecule has 0 saturated carbocycles. The first-order chi connectivity index (χ1) is 10.2. The van der Waals surface area contributed by atoms with Crippen LogP contribution in [0.2, 0.25) is 0 Å². The molecule has 1 unspecified atom stereocenters. The predicted octanol–water partition coefficient (Wildman–Crippen LogP) is 3.02. The Labute approximate surface area is 126 Å². The third-order valence-corrected chi connectivity index (χ3v) is 3.59. The molecule has 0 spiro atoms. The lowest BCUT2D eigenvalue weighted by atomic mass is 9.94. The Balaban J connectivity index is 1.86. The van der Waals surface area contributed by atoms with Gasteiger partial charge in [-0.25, -0.2) is 0 Å². The van der Waals surface area contributed by atoms with Crippen molar-refractivity contribution in [2.75, 3.05) is 6.54 Å². The van der Waals surface area contributed by atoms with E-state index in [1.54, 1.807) is 0 Å². The number of benzene rings is 1. The normalized spacial score (nSPS) is 12.8. The number of nitrogens with two attached hydrogens (primary N) is 1. The van der Waals surface area contributed by atoms with E-state index >= 15 is 0 Å². The van der Waals surface area contributed by atoms with Gasteiger partial charge >= 0.3 is 0 Å². The highest BCUT2D eigenvalue weighted by molar-refractivity contribution is 5.15. The summed E-state index contributed by atoms with van der Waals surface area (Å²) < 4.78 is 5.35. The molecule has 0 amide bonds. The second kappa shape index (κ2) is 7.93. The first-order valence-electron chi connectivity index (χ1n) is 7.72. The molecule has 0 aliphatic carbocycles. The fourth-order valence-electron chi connectivity index (χ4n) is 2.55. The highest BCUT2D eigenvalue weighted by Crippen LogP contribution is 2.15. The summed E-state index contributed by atoms with van der Waals surface area (Å²) in [6.45, 7) is 5.09. The lowest BCUT2D eigenvalue weighted by molar-refractivity contribution is 0.329. The standard InChI is InChI=1S/C17H25N3O/c1-13(2)10-15(12-18)11-17-19-16(20-21-17)9-8-14-6-4-3-5-7-14/h3-7,13,15H,8-12,18H2,1-2H3. The van der Waals surface area contributed by atoms with Gasteiger partial charge in [0.15, 0.2) is 5.82 Å². The van der Waals surface area contributed by atoms with Gasteiger partial charge in [0, 0.05) is 12.8 Å². The molecule has 114 valence electrons. The molecule has 1 aromatic heterocycles. The molecule has 0 bridgehead atoms. The smallest absolute Gasteiger partial charge is 0.226 e. The minimum atomic E-state index is 0.424. The predicted molar refractivity (Wildman–Crippen MR) is 83.9 cm³/mol. The Bertz CT molecular complexity index is 522. The molecule has 2 aromatic rings. The highest BCUT2D eigenvalue weighted by Gasteiger charge is 2.15. The summed E-state index contributed by atoms with van der Waals surface area (Å²) in [5, 5.41) is 4.07. The van der Waals surface area contributed by atoms with E-state index in [-0.39, 0.29) is 0 Å². The Kier molecular flexibility index (Phi) is 5.93. The summed E-state index contributed by atoms with van der Waals surface area (Å²) in [7, 11) is 0. The van der Waals surface area contributed by atoms with Crippen LogP contribution < -0.4 is 5.73 Å². The number of hydrogen-bond acceptors (Lipinski definition) is 4. The number of aromatic nitrogens is 2. The summed E-state index contributed by atoms with van der Waals surface area (Å²) in [6.07, 6.45) is 3.63. The number of nitrogens with zero attached hydrogens (tertiary/aromatic N) is 2. The van der Waals surface area contributed by atoms with E-state index in [9.17, 15) is 0 Å². The van der Waals surface area contributed by atoms with Crippen LogP contribution in [0, 0.1) is 11.8 Å². The minimum Gasteiger partial charge on any atom is -0.339 e. The lowest BCUT2D eigenvalue weighted by Gasteiger charge is -2.14. The zero-order chi connectivity index (χ0) is 15.1.